The number of hydrogen-bond donors (Lipinski definition) is 3. The van der Waals surface area contributed by atoms with E-state index < -0.39 is 0 Å². The first-order chi connectivity index (χ1) is 11.3. The van der Waals surface area contributed by atoms with Gasteiger partial charge in [0.2, 0.25) is 11.1 Å². The minimum Gasteiger partial charge on any atom is -0.322 e. The Morgan fingerprint density at radius 1 is 1.35 bits per heavy atom. The maximum Gasteiger partial charge on any atom is 0.273 e. The monoisotopic (exact) mass is 325 g/mol. The first-order valence-corrected chi connectivity index (χ1v) is 7.63. The van der Waals surface area contributed by atoms with Crippen molar-refractivity contribution < 1.29 is 0 Å². The van der Waals surface area contributed by atoms with Gasteiger partial charge in [-0.2, -0.15) is 9.78 Å². The number of H-pyrrole nitrogens is 2. The minimum atomic E-state index is -0.168. The van der Waals surface area contributed by atoms with Crippen molar-refractivity contribution in [3.8, 4) is 5.95 Å². The molecule has 0 saturated heterocycles. The van der Waals surface area contributed by atoms with Gasteiger partial charge in [0.05, 0.1) is 17.2 Å². The first kappa shape index (κ1) is 13.5. The lowest BCUT2D eigenvalue weighted by molar-refractivity contribution is 0.802. The summed E-state index contributed by atoms with van der Waals surface area (Å²) >= 11 is 1.48. The fourth-order valence-corrected chi connectivity index (χ4v) is 2.61. The van der Waals surface area contributed by atoms with Crippen molar-refractivity contribution in [2.24, 2.45) is 5.10 Å². The molecular formula is C14H11N7OS. The highest BCUT2D eigenvalue weighted by Gasteiger charge is 2.07. The van der Waals surface area contributed by atoms with Crippen LogP contribution in [0.3, 0.4) is 0 Å². The molecule has 3 aromatic heterocycles. The maximum atomic E-state index is 11.7. The Morgan fingerprint density at radius 2 is 2.30 bits per heavy atom. The first-order valence-electron chi connectivity index (χ1n) is 6.75. The average molecular weight is 325 g/mol. The zero-order chi connectivity index (χ0) is 15.6. The molecule has 0 fully saturated rings. The van der Waals surface area contributed by atoms with Crippen LogP contribution in [0.2, 0.25) is 0 Å². The lowest BCUT2D eigenvalue weighted by atomic mass is 10.2. The summed E-state index contributed by atoms with van der Waals surface area (Å²) in [5.74, 6) is 0.449. The van der Waals surface area contributed by atoms with E-state index in [4.69, 9.17) is 0 Å². The fraction of sp³-hybridized carbons (Fsp3) is 0. The van der Waals surface area contributed by atoms with Gasteiger partial charge in [0.1, 0.15) is 0 Å². The number of imidazole rings is 1. The number of benzene rings is 1. The summed E-state index contributed by atoms with van der Waals surface area (Å²) in [5.41, 5.74) is 5.18. The summed E-state index contributed by atoms with van der Waals surface area (Å²) in [6.07, 6.45) is 4.98. The molecular weight excluding hydrogens is 314 g/mol. The van der Waals surface area contributed by atoms with Crippen molar-refractivity contribution >= 4 is 33.7 Å². The van der Waals surface area contributed by atoms with Crippen molar-refractivity contribution in [2.45, 2.75) is 0 Å². The van der Waals surface area contributed by atoms with E-state index in [1.54, 1.807) is 18.6 Å². The van der Waals surface area contributed by atoms with Crippen molar-refractivity contribution in [2.75, 3.05) is 5.43 Å². The Morgan fingerprint density at radius 3 is 3.09 bits per heavy atom. The van der Waals surface area contributed by atoms with Gasteiger partial charge in [-0.25, -0.2) is 9.97 Å². The van der Waals surface area contributed by atoms with Crippen LogP contribution >= 0.6 is 11.3 Å². The van der Waals surface area contributed by atoms with E-state index in [1.807, 2.05) is 23.6 Å². The number of thiazole rings is 1. The van der Waals surface area contributed by atoms with Gasteiger partial charge in [-0.1, -0.05) is 6.07 Å². The van der Waals surface area contributed by atoms with Crippen LogP contribution in [-0.4, -0.2) is 30.9 Å². The molecule has 4 aromatic rings. The predicted octanol–water partition coefficient (Wildman–Crippen LogP) is 1.94. The van der Waals surface area contributed by atoms with Gasteiger partial charge in [-0.05, 0) is 17.7 Å². The number of nitrogens with one attached hydrogen (secondary N) is 3. The summed E-state index contributed by atoms with van der Waals surface area (Å²) < 4.78 is 1.35. The van der Waals surface area contributed by atoms with Gasteiger partial charge < -0.3 is 4.98 Å². The van der Waals surface area contributed by atoms with E-state index in [0.717, 1.165) is 21.7 Å². The van der Waals surface area contributed by atoms with E-state index in [0.29, 0.717) is 5.95 Å². The lowest BCUT2D eigenvalue weighted by Crippen LogP contribution is -2.14. The number of rotatable bonds is 4. The molecule has 0 saturated carbocycles. The molecule has 8 nitrogen and oxygen atoms in total. The zero-order valence-electron chi connectivity index (χ0n) is 11.7. The summed E-state index contributed by atoms with van der Waals surface area (Å²) in [4.78, 5) is 23.2. The van der Waals surface area contributed by atoms with Gasteiger partial charge in [-0.15, -0.1) is 11.3 Å². The summed E-state index contributed by atoms with van der Waals surface area (Å²) in [6, 6.07) is 7.12. The molecule has 23 heavy (non-hydrogen) atoms. The molecule has 1 aromatic carbocycles. The number of fused-ring (bicyclic) bond motifs is 1. The van der Waals surface area contributed by atoms with E-state index >= 15 is 0 Å². The van der Waals surface area contributed by atoms with Crippen LogP contribution in [0.25, 0.3) is 17.0 Å². The van der Waals surface area contributed by atoms with Crippen LogP contribution in [0.15, 0.2) is 51.9 Å². The summed E-state index contributed by atoms with van der Waals surface area (Å²) in [6.45, 7) is 0. The zero-order valence-corrected chi connectivity index (χ0v) is 12.5. The Kier molecular flexibility index (Phi) is 3.24. The third-order valence-corrected chi connectivity index (χ3v) is 3.84. The van der Waals surface area contributed by atoms with E-state index in [9.17, 15) is 4.79 Å². The molecule has 3 heterocycles. The molecule has 4 rings (SSSR count). The third-order valence-electron chi connectivity index (χ3n) is 3.16. The van der Waals surface area contributed by atoms with Gasteiger partial charge in [0.25, 0.3) is 5.56 Å². The lowest BCUT2D eigenvalue weighted by Gasteiger charge is -1.94. The molecule has 0 bridgehead atoms. The van der Waals surface area contributed by atoms with Crippen LogP contribution in [0.5, 0.6) is 0 Å². The van der Waals surface area contributed by atoms with Gasteiger partial charge in [-0.3, -0.25) is 15.3 Å². The van der Waals surface area contributed by atoms with Crippen molar-refractivity contribution in [3.05, 3.63) is 58.0 Å². The molecule has 9 heteroatoms. The highest BCUT2D eigenvalue weighted by molar-refractivity contribution is 7.13. The quantitative estimate of drug-likeness (QED) is 0.394. The second-order valence-corrected chi connectivity index (χ2v) is 5.57. The molecule has 0 amide bonds. The van der Waals surface area contributed by atoms with Crippen LogP contribution in [0, 0.1) is 0 Å². The van der Waals surface area contributed by atoms with Crippen LogP contribution in [-0.2, 0) is 0 Å². The highest BCUT2D eigenvalue weighted by Crippen LogP contribution is 2.14. The molecule has 0 unspecified atom stereocenters. The van der Waals surface area contributed by atoms with Crippen molar-refractivity contribution in [1.82, 2.24) is 24.7 Å². The topological polar surface area (TPSA) is 104 Å². The molecule has 0 aliphatic rings. The van der Waals surface area contributed by atoms with Crippen LogP contribution in [0.1, 0.15) is 5.56 Å². The number of anilines is 1. The Balaban J connectivity index is 1.62. The largest absolute Gasteiger partial charge is 0.322 e. The number of aromatic amines is 2. The second kappa shape index (κ2) is 5.54. The summed E-state index contributed by atoms with van der Waals surface area (Å²) in [7, 11) is 0. The number of hydrogen-bond acceptors (Lipinski definition) is 6. The smallest absolute Gasteiger partial charge is 0.273 e. The molecule has 0 atom stereocenters. The number of aromatic nitrogens is 5. The second-order valence-electron chi connectivity index (χ2n) is 4.68. The molecule has 114 valence electrons. The Hall–Kier alpha value is -3.20. The number of hydrazone groups is 1. The van der Waals surface area contributed by atoms with Crippen LogP contribution < -0.4 is 11.0 Å². The standard InChI is InChI=1S/C14H11N7OS/c22-12-3-4-17-21(12)13-18-10-2-1-9(7-11(10)19-13)8-16-20-14-15-5-6-23-14/h1-8,17H,(H,15,20)(H,18,19)/b16-8+. The Bertz CT molecular complexity index is 1020. The van der Waals surface area contributed by atoms with E-state index in [1.165, 1.54) is 22.1 Å². The molecule has 3 N–H and O–H groups in total. The number of nitrogens with zero attached hydrogens (tertiary/aromatic N) is 4. The molecule has 0 aliphatic carbocycles. The SMILES string of the molecule is O=c1cc[nH]n1-c1nc2ccc(/C=N/Nc3nccs3)cc2[nH]1. The normalized spacial score (nSPS) is 11.5. The third kappa shape index (κ3) is 2.64. The molecule has 0 aliphatic heterocycles. The van der Waals surface area contributed by atoms with Gasteiger partial charge >= 0.3 is 0 Å². The van der Waals surface area contributed by atoms with Crippen molar-refractivity contribution in [1.29, 1.82) is 0 Å². The fourth-order valence-electron chi connectivity index (χ4n) is 2.13. The predicted molar refractivity (Wildman–Crippen MR) is 89.4 cm³/mol. The molecule has 0 spiro atoms. The average Bonchev–Trinajstić information content (AvgIpc) is 3.26. The van der Waals surface area contributed by atoms with Crippen LogP contribution in [0.4, 0.5) is 5.13 Å². The van der Waals surface area contributed by atoms with Crippen molar-refractivity contribution in [3.63, 3.8) is 0 Å². The highest BCUT2D eigenvalue weighted by atomic mass is 32.1. The van der Waals surface area contributed by atoms with E-state index in [-0.39, 0.29) is 5.56 Å². The van der Waals surface area contributed by atoms with Gasteiger partial charge in [0, 0.05) is 23.8 Å². The Labute approximate surface area is 133 Å². The summed E-state index contributed by atoms with van der Waals surface area (Å²) in [5, 5.41) is 9.56. The minimum absolute atomic E-state index is 0.168. The van der Waals surface area contributed by atoms with E-state index in [2.05, 4.69) is 30.6 Å². The van der Waals surface area contributed by atoms with Gasteiger partial charge in [0.15, 0.2) is 0 Å². The molecule has 0 radical (unpaired) electrons. The maximum absolute atomic E-state index is 11.7.